The second-order valence-electron chi connectivity index (χ2n) is 6.31. The fourth-order valence-corrected chi connectivity index (χ4v) is 4.68. The number of imide groups is 1. The van der Waals surface area contributed by atoms with Gasteiger partial charge in [0.05, 0.1) is 4.90 Å². The largest absolute Gasteiger partial charge is 0.326 e. The van der Waals surface area contributed by atoms with E-state index in [0.29, 0.717) is 24.3 Å². The lowest BCUT2D eigenvalue weighted by molar-refractivity contribution is -0.138. The van der Waals surface area contributed by atoms with Crippen LogP contribution in [0.15, 0.2) is 23.1 Å². The number of sulfonamides is 1. The lowest BCUT2D eigenvalue weighted by atomic mass is 10.2. The first-order valence-electron chi connectivity index (χ1n) is 8.94. The molecule has 0 aromatic heterocycles. The number of nitrogens with one attached hydrogen (secondary N) is 1. The van der Waals surface area contributed by atoms with Crippen LogP contribution in [0.25, 0.3) is 0 Å². The summed E-state index contributed by atoms with van der Waals surface area (Å²) >= 11 is 0. The van der Waals surface area contributed by atoms with Crippen LogP contribution in [0.1, 0.15) is 38.7 Å². The quantitative estimate of drug-likeness (QED) is 0.672. The molecule has 9 heteroatoms. The van der Waals surface area contributed by atoms with E-state index in [0.717, 1.165) is 4.90 Å². The molecule has 1 heterocycles. The van der Waals surface area contributed by atoms with Crippen LogP contribution in [0.4, 0.5) is 5.69 Å². The first kappa shape index (κ1) is 21.0. The van der Waals surface area contributed by atoms with E-state index in [4.69, 9.17) is 0 Å². The monoisotopic (exact) mass is 395 g/mol. The summed E-state index contributed by atoms with van der Waals surface area (Å²) in [6, 6.07) is 4.70. The highest BCUT2D eigenvalue weighted by atomic mass is 32.2. The van der Waals surface area contributed by atoms with Crippen molar-refractivity contribution < 1.29 is 22.8 Å². The number of aryl methyl sites for hydroxylation is 1. The topological polar surface area (TPSA) is 104 Å². The molecule has 1 aliphatic heterocycles. The van der Waals surface area contributed by atoms with Gasteiger partial charge in [0.1, 0.15) is 0 Å². The molecule has 1 N–H and O–H groups in total. The molecule has 27 heavy (non-hydrogen) atoms. The van der Waals surface area contributed by atoms with Crippen molar-refractivity contribution in [2.45, 2.75) is 44.9 Å². The standard InChI is InChI=1S/C18H25N3O5S/c1-4-20(5-2)27(25,26)15-12-14(7-6-13(15)3)19-16(22)10-11-21-17(23)8-9-18(21)24/h6-7,12H,4-5,8-11H2,1-3H3,(H,19,22). The van der Waals surface area contributed by atoms with Gasteiger partial charge in [0.25, 0.3) is 0 Å². The zero-order chi connectivity index (χ0) is 20.2. The highest BCUT2D eigenvalue weighted by molar-refractivity contribution is 7.89. The molecular weight excluding hydrogens is 370 g/mol. The molecule has 0 spiro atoms. The van der Waals surface area contributed by atoms with E-state index in [-0.39, 0.29) is 42.5 Å². The van der Waals surface area contributed by atoms with E-state index >= 15 is 0 Å². The number of hydrogen-bond acceptors (Lipinski definition) is 5. The van der Waals surface area contributed by atoms with Gasteiger partial charge >= 0.3 is 0 Å². The Balaban J connectivity index is 2.10. The first-order valence-corrected chi connectivity index (χ1v) is 10.4. The van der Waals surface area contributed by atoms with Crippen molar-refractivity contribution in [2.24, 2.45) is 0 Å². The molecule has 2 rings (SSSR count). The fraction of sp³-hybridized carbons (Fsp3) is 0.500. The number of amides is 3. The molecule has 1 fully saturated rings. The fourth-order valence-electron chi connectivity index (χ4n) is 2.97. The normalized spacial score (nSPS) is 14.9. The van der Waals surface area contributed by atoms with Crippen LogP contribution in [-0.4, -0.2) is 55.0 Å². The summed E-state index contributed by atoms with van der Waals surface area (Å²) in [6.45, 7) is 5.97. The van der Waals surface area contributed by atoms with E-state index in [9.17, 15) is 22.8 Å². The Kier molecular flexibility index (Phi) is 6.72. The molecule has 0 radical (unpaired) electrons. The average Bonchev–Trinajstić information content (AvgIpc) is 2.93. The lowest BCUT2D eigenvalue weighted by Gasteiger charge is -2.20. The van der Waals surface area contributed by atoms with E-state index in [1.165, 1.54) is 10.4 Å². The molecule has 1 saturated heterocycles. The van der Waals surface area contributed by atoms with Gasteiger partial charge in [0.2, 0.25) is 27.7 Å². The molecule has 3 amide bonds. The van der Waals surface area contributed by atoms with Crippen molar-refractivity contribution in [1.82, 2.24) is 9.21 Å². The maximum Gasteiger partial charge on any atom is 0.243 e. The number of carbonyl (C=O) groups excluding carboxylic acids is 3. The third-order valence-electron chi connectivity index (χ3n) is 4.51. The second-order valence-corrected chi connectivity index (χ2v) is 8.21. The summed E-state index contributed by atoms with van der Waals surface area (Å²) in [5, 5.41) is 2.64. The van der Waals surface area contributed by atoms with Crippen LogP contribution < -0.4 is 5.32 Å². The van der Waals surface area contributed by atoms with Crippen molar-refractivity contribution in [3.63, 3.8) is 0 Å². The molecule has 0 unspecified atom stereocenters. The summed E-state index contributed by atoms with van der Waals surface area (Å²) in [5.41, 5.74) is 0.948. The molecule has 0 atom stereocenters. The second kappa shape index (κ2) is 8.62. The molecule has 1 aromatic carbocycles. The minimum atomic E-state index is -3.65. The SMILES string of the molecule is CCN(CC)S(=O)(=O)c1cc(NC(=O)CCN2C(=O)CCC2=O)ccc1C. The molecule has 0 aliphatic carbocycles. The number of benzene rings is 1. The van der Waals surface area contributed by atoms with E-state index in [1.54, 1.807) is 32.9 Å². The summed E-state index contributed by atoms with van der Waals surface area (Å²) in [5.74, 6) is -0.927. The Bertz CT molecular complexity index is 831. The highest BCUT2D eigenvalue weighted by Crippen LogP contribution is 2.24. The third kappa shape index (κ3) is 4.72. The van der Waals surface area contributed by atoms with Crippen molar-refractivity contribution in [1.29, 1.82) is 0 Å². The number of anilines is 1. The first-order chi connectivity index (χ1) is 12.7. The minimum Gasteiger partial charge on any atom is -0.326 e. The predicted octanol–water partition coefficient (Wildman–Crippen LogP) is 1.50. The Morgan fingerprint density at radius 1 is 1.15 bits per heavy atom. The van der Waals surface area contributed by atoms with Gasteiger partial charge in [-0.15, -0.1) is 0 Å². The molecule has 0 saturated carbocycles. The van der Waals surface area contributed by atoms with Gasteiger partial charge in [-0.2, -0.15) is 4.31 Å². The van der Waals surface area contributed by atoms with Crippen molar-refractivity contribution in [3.8, 4) is 0 Å². The zero-order valence-corrected chi connectivity index (χ0v) is 16.6. The maximum absolute atomic E-state index is 12.8. The number of likely N-dealkylation sites (tertiary alicyclic amines) is 1. The molecular formula is C18H25N3O5S. The Hall–Kier alpha value is -2.26. The van der Waals surface area contributed by atoms with Crippen LogP contribution in [0, 0.1) is 6.92 Å². The van der Waals surface area contributed by atoms with Crippen molar-refractivity contribution in [3.05, 3.63) is 23.8 Å². The van der Waals surface area contributed by atoms with Crippen molar-refractivity contribution >= 4 is 33.4 Å². The van der Waals surface area contributed by atoms with Gasteiger partial charge in [-0.25, -0.2) is 8.42 Å². The van der Waals surface area contributed by atoms with Gasteiger partial charge in [0, 0.05) is 44.6 Å². The van der Waals surface area contributed by atoms with Crippen LogP contribution in [0.2, 0.25) is 0 Å². The maximum atomic E-state index is 12.8. The molecule has 0 bridgehead atoms. The molecule has 1 aromatic rings. The Morgan fingerprint density at radius 2 is 1.74 bits per heavy atom. The van der Waals surface area contributed by atoms with Crippen LogP contribution in [0.3, 0.4) is 0 Å². The van der Waals surface area contributed by atoms with Gasteiger partial charge in [0.15, 0.2) is 0 Å². The average molecular weight is 395 g/mol. The summed E-state index contributed by atoms with van der Waals surface area (Å²) < 4.78 is 26.9. The van der Waals surface area contributed by atoms with E-state index in [2.05, 4.69) is 5.32 Å². The predicted molar refractivity (Wildman–Crippen MR) is 100 cm³/mol. The minimum absolute atomic E-state index is 0.0277. The number of carbonyl (C=O) groups is 3. The van der Waals surface area contributed by atoms with Crippen molar-refractivity contribution in [2.75, 3.05) is 25.0 Å². The smallest absolute Gasteiger partial charge is 0.243 e. The summed E-state index contributed by atoms with van der Waals surface area (Å²) in [6.07, 6.45) is 0.333. The highest BCUT2D eigenvalue weighted by Gasteiger charge is 2.29. The summed E-state index contributed by atoms with van der Waals surface area (Å²) in [7, 11) is -3.65. The third-order valence-corrected chi connectivity index (χ3v) is 6.70. The Labute approximate surface area is 159 Å². The lowest BCUT2D eigenvalue weighted by Crippen LogP contribution is -2.32. The Morgan fingerprint density at radius 3 is 2.30 bits per heavy atom. The number of nitrogens with zero attached hydrogens (tertiary/aromatic N) is 2. The molecule has 1 aliphatic rings. The van der Waals surface area contributed by atoms with Gasteiger partial charge in [-0.05, 0) is 24.6 Å². The van der Waals surface area contributed by atoms with Crippen LogP contribution in [0.5, 0.6) is 0 Å². The number of rotatable bonds is 8. The zero-order valence-electron chi connectivity index (χ0n) is 15.8. The van der Waals surface area contributed by atoms with E-state index < -0.39 is 15.9 Å². The van der Waals surface area contributed by atoms with Gasteiger partial charge < -0.3 is 5.32 Å². The molecule has 8 nitrogen and oxygen atoms in total. The van der Waals surface area contributed by atoms with Gasteiger partial charge in [-0.1, -0.05) is 19.9 Å². The van der Waals surface area contributed by atoms with Crippen LogP contribution >= 0.6 is 0 Å². The van der Waals surface area contributed by atoms with Gasteiger partial charge in [-0.3, -0.25) is 19.3 Å². The number of hydrogen-bond donors (Lipinski definition) is 1. The summed E-state index contributed by atoms with van der Waals surface area (Å²) in [4.78, 5) is 36.5. The van der Waals surface area contributed by atoms with E-state index in [1.807, 2.05) is 0 Å². The van der Waals surface area contributed by atoms with Crippen LogP contribution in [-0.2, 0) is 24.4 Å². The molecule has 148 valence electrons.